The van der Waals surface area contributed by atoms with E-state index in [2.05, 4.69) is 121 Å². The smallest absolute Gasteiger partial charge is 0.171 e. The number of nitrogens with zero attached hydrogens (tertiary/aromatic N) is 3. The van der Waals surface area contributed by atoms with Crippen LogP contribution < -0.4 is 15.9 Å². The summed E-state index contributed by atoms with van der Waals surface area (Å²) in [5.74, 6) is 0.632. The van der Waals surface area contributed by atoms with Gasteiger partial charge >= 0.3 is 0 Å². The first-order valence-electron chi connectivity index (χ1n) is 21.5. The highest BCUT2D eigenvalue weighted by atomic mass is 31.2. The van der Waals surface area contributed by atoms with Crippen molar-refractivity contribution in [2.75, 3.05) is 0 Å². The molecule has 0 fully saturated rings. The van der Waals surface area contributed by atoms with Crippen LogP contribution in [0.5, 0.6) is 0 Å². The number of pyridine rings is 1. The van der Waals surface area contributed by atoms with E-state index in [4.69, 9.17) is 15.0 Å². The second-order valence-corrected chi connectivity index (χ2v) is 18.7. The summed E-state index contributed by atoms with van der Waals surface area (Å²) in [4.78, 5) is 15.6. The third kappa shape index (κ3) is 7.20. The Morgan fingerprint density at radius 2 is 0.797 bits per heavy atom. The van der Waals surface area contributed by atoms with Crippen molar-refractivity contribution < 1.29 is 4.57 Å². The van der Waals surface area contributed by atoms with Gasteiger partial charge in [-0.05, 0) is 46.5 Å². The minimum absolute atomic E-state index is 0.632. The molecule has 0 atom stereocenters. The van der Waals surface area contributed by atoms with Gasteiger partial charge in [-0.2, -0.15) is 0 Å². The minimum atomic E-state index is -3.14. The van der Waals surface area contributed by atoms with Crippen LogP contribution >= 0.6 is 7.14 Å². The lowest BCUT2D eigenvalue weighted by Gasteiger charge is -2.20. The molecule has 0 bridgehead atoms. The largest absolute Gasteiger partial charge is 0.309 e. The van der Waals surface area contributed by atoms with E-state index < -0.39 is 7.14 Å². The summed E-state index contributed by atoms with van der Waals surface area (Å²) in [6.45, 7) is 0. The minimum Gasteiger partial charge on any atom is -0.309 e. The Balaban J connectivity index is 1.03. The summed E-state index contributed by atoms with van der Waals surface area (Å²) in [5.41, 5.74) is 11.9. The van der Waals surface area contributed by atoms with Gasteiger partial charge in [0.1, 0.15) is 0 Å². The molecule has 5 heteroatoms. The zero-order chi connectivity index (χ0) is 42.9. The molecule has 0 aliphatic heterocycles. The molecule has 2 heterocycles. The Kier molecular flexibility index (Phi) is 10.1. The SMILES string of the molecule is O=P(c1ccccc1)(c1ccccc1)c1ccc(-c2cc(-c3cccc(-c4ccc5nc(-c6ccccc6)c6cccc(-c7ccccc7)c6c5c4)c3)nc(-c3ccccc3)n2)cc1. The van der Waals surface area contributed by atoms with Gasteiger partial charge < -0.3 is 4.57 Å². The molecule has 11 aromatic rings. The van der Waals surface area contributed by atoms with Gasteiger partial charge in [0.05, 0.1) is 22.6 Å². The van der Waals surface area contributed by atoms with Gasteiger partial charge in [-0.3, -0.25) is 0 Å². The zero-order valence-corrected chi connectivity index (χ0v) is 35.7. The molecule has 4 nitrogen and oxygen atoms in total. The van der Waals surface area contributed by atoms with Crippen LogP contribution in [0, 0.1) is 0 Å². The van der Waals surface area contributed by atoms with Gasteiger partial charge in [0, 0.05) is 54.3 Å². The number of aromatic nitrogens is 3. The molecule has 11 rings (SSSR count). The quantitative estimate of drug-likeness (QED) is 0.107. The normalized spacial score (nSPS) is 11.5. The lowest BCUT2D eigenvalue weighted by atomic mass is 9.91. The first kappa shape index (κ1) is 38.9. The van der Waals surface area contributed by atoms with E-state index in [1.54, 1.807) is 0 Å². The predicted molar refractivity (Wildman–Crippen MR) is 267 cm³/mol. The zero-order valence-electron chi connectivity index (χ0n) is 34.8. The summed E-state index contributed by atoms with van der Waals surface area (Å²) in [7, 11) is -3.14. The molecule has 0 saturated carbocycles. The van der Waals surface area contributed by atoms with Gasteiger partial charge in [0.2, 0.25) is 0 Å². The summed E-state index contributed by atoms with van der Waals surface area (Å²) in [6, 6.07) is 82.6. The molecule has 0 aliphatic rings. The number of hydrogen-bond donors (Lipinski definition) is 0. The third-order valence-electron chi connectivity index (χ3n) is 12.0. The monoisotopic (exact) mass is 837 g/mol. The fourth-order valence-corrected chi connectivity index (χ4v) is 11.4. The van der Waals surface area contributed by atoms with Crippen LogP contribution in [0.3, 0.4) is 0 Å². The number of hydrogen-bond acceptors (Lipinski definition) is 4. The highest BCUT2D eigenvalue weighted by molar-refractivity contribution is 7.85. The van der Waals surface area contributed by atoms with Crippen LogP contribution in [0.4, 0.5) is 0 Å². The maximum Gasteiger partial charge on any atom is 0.171 e. The van der Waals surface area contributed by atoms with Crippen LogP contribution in [-0.2, 0) is 4.57 Å². The molecular formula is C59H40N3OP. The molecule has 0 amide bonds. The number of fused-ring (bicyclic) bond motifs is 3. The second-order valence-electron chi connectivity index (χ2n) is 15.9. The average Bonchev–Trinajstić information content (AvgIpc) is 3.39. The fraction of sp³-hybridized carbons (Fsp3) is 0. The Labute approximate surface area is 372 Å². The van der Waals surface area contributed by atoms with Crippen molar-refractivity contribution in [2.24, 2.45) is 0 Å². The van der Waals surface area contributed by atoms with Crippen molar-refractivity contribution in [1.29, 1.82) is 0 Å². The molecule has 9 aromatic carbocycles. The van der Waals surface area contributed by atoms with E-state index in [1.807, 2.05) is 121 Å². The molecule has 0 saturated heterocycles. The molecule has 0 spiro atoms. The molecule has 2 aromatic heterocycles. The summed E-state index contributed by atoms with van der Waals surface area (Å²) in [6.07, 6.45) is 0. The summed E-state index contributed by atoms with van der Waals surface area (Å²) in [5, 5.41) is 5.76. The molecule has 64 heavy (non-hydrogen) atoms. The standard InChI is InChI=1S/C59H40N3OP/c63-64(48-26-12-4-13-27-48,49-28-14-5-15-29-49)50-35-32-42(33-36-50)55-40-56(62-59(61-55)44-22-10-3-11-23-44)47-25-16-24-45(38-47)46-34-37-54-53(39-46)57-51(41-18-6-1-7-19-41)30-17-31-52(57)58(60-54)43-20-8-2-9-21-43/h1-40H. The Morgan fingerprint density at radius 1 is 0.312 bits per heavy atom. The molecule has 0 N–H and O–H groups in total. The van der Waals surface area contributed by atoms with Crippen molar-refractivity contribution in [2.45, 2.75) is 0 Å². The van der Waals surface area contributed by atoms with Crippen LogP contribution in [-0.4, -0.2) is 15.0 Å². The highest BCUT2D eigenvalue weighted by Crippen LogP contribution is 2.43. The Bertz CT molecular complexity index is 3450. The van der Waals surface area contributed by atoms with Gasteiger partial charge in [0.25, 0.3) is 0 Å². The van der Waals surface area contributed by atoms with Crippen molar-refractivity contribution >= 4 is 44.7 Å². The van der Waals surface area contributed by atoms with E-state index in [-0.39, 0.29) is 0 Å². The maximum atomic E-state index is 15.2. The number of rotatable bonds is 9. The maximum absolute atomic E-state index is 15.2. The average molecular weight is 838 g/mol. The Morgan fingerprint density at radius 3 is 1.44 bits per heavy atom. The first-order chi connectivity index (χ1) is 31.6. The van der Waals surface area contributed by atoms with Gasteiger partial charge in [-0.15, -0.1) is 0 Å². The van der Waals surface area contributed by atoms with E-state index >= 15 is 4.57 Å². The van der Waals surface area contributed by atoms with Crippen LogP contribution in [0.2, 0.25) is 0 Å². The lowest BCUT2D eigenvalue weighted by molar-refractivity contribution is 0.592. The van der Waals surface area contributed by atoms with Crippen molar-refractivity contribution in [3.05, 3.63) is 243 Å². The molecule has 0 radical (unpaired) electrons. The van der Waals surface area contributed by atoms with Crippen molar-refractivity contribution in [3.8, 4) is 67.4 Å². The molecule has 0 aliphatic carbocycles. The third-order valence-corrected chi connectivity index (χ3v) is 15.0. The van der Waals surface area contributed by atoms with Crippen LogP contribution in [0.15, 0.2) is 243 Å². The first-order valence-corrected chi connectivity index (χ1v) is 23.2. The van der Waals surface area contributed by atoms with E-state index in [9.17, 15) is 0 Å². The van der Waals surface area contributed by atoms with Gasteiger partial charge in [-0.25, -0.2) is 15.0 Å². The van der Waals surface area contributed by atoms with Gasteiger partial charge in [0.15, 0.2) is 13.0 Å². The second kappa shape index (κ2) is 16.7. The number of benzene rings is 9. The molecular weight excluding hydrogens is 798 g/mol. The van der Waals surface area contributed by atoms with Crippen LogP contribution in [0.25, 0.3) is 89.1 Å². The fourth-order valence-electron chi connectivity index (χ4n) is 8.79. The van der Waals surface area contributed by atoms with Crippen molar-refractivity contribution in [1.82, 2.24) is 15.0 Å². The van der Waals surface area contributed by atoms with Crippen LogP contribution in [0.1, 0.15) is 0 Å². The van der Waals surface area contributed by atoms with Gasteiger partial charge in [-0.1, -0.05) is 218 Å². The molecule has 302 valence electrons. The van der Waals surface area contributed by atoms with E-state index in [0.29, 0.717) is 5.82 Å². The van der Waals surface area contributed by atoms with E-state index in [0.717, 1.165) is 88.2 Å². The predicted octanol–water partition coefficient (Wildman–Crippen LogP) is 13.8. The lowest BCUT2D eigenvalue weighted by Crippen LogP contribution is -2.24. The highest BCUT2D eigenvalue weighted by Gasteiger charge is 2.29. The summed E-state index contributed by atoms with van der Waals surface area (Å²) >= 11 is 0. The van der Waals surface area contributed by atoms with E-state index in [1.165, 1.54) is 10.9 Å². The topological polar surface area (TPSA) is 55.7 Å². The van der Waals surface area contributed by atoms with Crippen molar-refractivity contribution in [3.63, 3.8) is 0 Å². The Hall–Kier alpha value is -8.04. The molecule has 0 unspecified atom stereocenters. The summed E-state index contributed by atoms with van der Waals surface area (Å²) < 4.78 is 15.2.